The summed E-state index contributed by atoms with van der Waals surface area (Å²) in [4.78, 5) is 20.6. The van der Waals surface area contributed by atoms with E-state index in [9.17, 15) is 0 Å². The van der Waals surface area contributed by atoms with Gasteiger partial charge in [-0.2, -0.15) is 0 Å². The molecule has 7 aromatic carbocycles. The molecule has 0 atom stereocenters. The number of rotatable bonds is 7. The molecule has 0 saturated heterocycles. The van der Waals surface area contributed by atoms with Crippen LogP contribution in [0.25, 0.3) is 76.7 Å². The first kappa shape index (κ1) is 34.4. The Morgan fingerprint density at radius 3 is 1.61 bits per heavy atom. The molecule has 0 bridgehead atoms. The van der Waals surface area contributed by atoms with Crippen LogP contribution >= 0.6 is 11.3 Å². The molecular weight excluding hydrogens is 713 g/mol. The number of aliphatic imine (C=N–C) groups is 1. The van der Waals surface area contributed by atoms with Crippen LogP contribution in [0, 0.1) is 0 Å². The predicted molar refractivity (Wildman–Crippen MR) is 239 cm³/mol. The van der Waals surface area contributed by atoms with Crippen molar-refractivity contribution in [3.05, 3.63) is 210 Å². The van der Waals surface area contributed by atoms with E-state index in [1.807, 2.05) is 36.4 Å². The minimum Gasteiger partial charge on any atom is -0.248 e. The Morgan fingerprint density at radius 1 is 0.404 bits per heavy atom. The normalized spacial score (nSPS) is 13.1. The zero-order valence-electron chi connectivity index (χ0n) is 31.3. The molecule has 10 rings (SSSR count). The molecular formula is C52H36N4S. The molecule has 4 nitrogen and oxygen atoms in total. The maximum Gasteiger partial charge on any atom is 0.164 e. The molecule has 3 heterocycles. The highest BCUT2D eigenvalue weighted by atomic mass is 32.1. The first-order valence-electron chi connectivity index (χ1n) is 19.2. The van der Waals surface area contributed by atoms with Crippen LogP contribution in [0.2, 0.25) is 0 Å². The van der Waals surface area contributed by atoms with E-state index in [2.05, 4.69) is 159 Å². The Balaban J connectivity index is 1.05. The van der Waals surface area contributed by atoms with E-state index < -0.39 is 0 Å². The van der Waals surface area contributed by atoms with Crippen molar-refractivity contribution in [1.29, 1.82) is 0 Å². The van der Waals surface area contributed by atoms with Gasteiger partial charge in [0.15, 0.2) is 17.5 Å². The molecule has 5 heteroatoms. The van der Waals surface area contributed by atoms with Crippen LogP contribution in [0.3, 0.4) is 0 Å². The summed E-state index contributed by atoms with van der Waals surface area (Å²) >= 11 is 1.80. The SMILES string of the molecule is CC1=C(c2cccc(-c3cccc(-c4nc(-c5ccccc5)nc(-c5ccc6c(c5)sc5ccccc56)n4)c3)c2)N=C(c2ccccc2)C=C(c2ccccc2)C1. The van der Waals surface area contributed by atoms with Gasteiger partial charge < -0.3 is 0 Å². The molecule has 0 fully saturated rings. The topological polar surface area (TPSA) is 51.0 Å². The van der Waals surface area contributed by atoms with Crippen LogP contribution in [0.5, 0.6) is 0 Å². The van der Waals surface area contributed by atoms with Crippen molar-refractivity contribution >= 4 is 48.5 Å². The summed E-state index contributed by atoms with van der Waals surface area (Å²) in [6.07, 6.45) is 3.06. The number of hydrogen-bond donors (Lipinski definition) is 0. The van der Waals surface area contributed by atoms with Gasteiger partial charge in [-0.25, -0.2) is 19.9 Å². The molecule has 2 aromatic heterocycles. The van der Waals surface area contributed by atoms with E-state index in [1.54, 1.807) is 11.3 Å². The van der Waals surface area contributed by atoms with Gasteiger partial charge >= 0.3 is 0 Å². The summed E-state index contributed by atoms with van der Waals surface area (Å²) < 4.78 is 2.49. The van der Waals surface area contributed by atoms with Crippen molar-refractivity contribution in [1.82, 2.24) is 15.0 Å². The van der Waals surface area contributed by atoms with Crippen molar-refractivity contribution in [3.63, 3.8) is 0 Å². The standard InChI is InChI=1S/C52H36N4S/c1-34-29-43(35-15-5-2-6-16-35)32-46(36-17-7-3-8-18-36)53-49(34)40-23-13-21-38(30-40)39-22-14-24-41(31-39)51-54-50(37-19-9-4-10-20-37)55-52(56-51)42-27-28-45-44-25-11-12-26-47(44)57-48(45)33-42/h2-28,30-33H,29H2,1H3. The predicted octanol–water partition coefficient (Wildman–Crippen LogP) is 13.6. The minimum atomic E-state index is 0.632. The van der Waals surface area contributed by atoms with Gasteiger partial charge in [0.2, 0.25) is 0 Å². The molecule has 0 radical (unpaired) electrons. The smallest absolute Gasteiger partial charge is 0.164 e. The second-order valence-corrected chi connectivity index (χ2v) is 15.4. The third-order valence-electron chi connectivity index (χ3n) is 10.5. The average molecular weight is 749 g/mol. The number of aromatic nitrogens is 3. The Hall–Kier alpha value is -7.08. The summed E-state index contributed by atoms with van der Waals surface area (Å²) in [7, 11) is 0. The summed E-state index contributed by atoms with van der Waals surface area (Å²) in [5.41, 5.74) is 12.8. The molecule has 57 heavy (non-hydrogen) atoms. The molecule has 0 unspecified atom stereocenters. The number of hydrogen-bond acceptors (Lipinski definition) is 5. The Bertz CT molecular complexity index is 3030. The fraction of sp³-hybridized carbons (Fsp3) is 0.0385. The third kappa shape index (κ3) is 6.90. The van der Waals surface area contributed by atoms with E-state index in [4.69, 9.17) is 19.9 Å². The monoisotopic (exact) mass is 748 g/mol. The van der Waals surface area contributed by atoms with Crippen molar-refractivity contribution in [2.45, 2.75) is 13.3 Å². The molecule has 0 aliphatic carbocycles. The number of nitrogens with zero attached hydrogens (tertiary/aromatic N) is 4. The van der Waals surface area contributed by atoms with E-state index in [1.165, 1.54) is 36.9 Å². The lowest BCUT2D eigenvalue weighted by Crippen LogP contribution is -2.00. The molecule has 0 saturated carbocycles. The quantitative estimate of drug-likeness (QED) is 0.163. The van der Waals surface area contributed by atoms with Crippen LogP contribution in [0.4, 0.5) is 0 Å². The van der Waals surface area contributed by atoms with Crippen LogP contribution in [-0.2, 0) is 0 Å². The zero-order valence-corrected chi connectivity index (χ0v) is 32.1. The van der Waals surface area contributed by atoms with Crippen LogP contribution in [-0.4, -0.2) is 20.7 Å². The maximum absolute atomic E-state index is 5.37. The lowest BCUT2D eigenvalue weighted by atomic mass is 9.94. The average Bonchev–Trinajstić information content (AvgIpc) is 3.56. The molecule has 0 N–H and O–H groups in total. The maximum atomic E-state index is 5.37. The van der Waals surface area contributed by atoms with E-state index in [-0.39, 0.29) is 0 Å². The highest BCUT2D eigenvalue weighted by Crippen LogP contribution is 2.38. The van der Waals surface area contributed by atoms with Gasteiger partial charge in [0.05, 0.1) is 11.4 Å². The summed E-state index contributed by atoms with van der Waals surface area (Å²) in [6.45, 7) is 2.21. The Kier molecular flexibility index (Phi) is 8.98. The zero-order chi connectivity index (χ0) is 38.1. The number of benzene rings is 7. The van der Waals surface area contributed by atoms with Crippen molar-refractivity contribution < 1.29 is 0 Å². The fourth-order valence-electron chi connectivity index (χ4n) is 7.64. The van der Waals surface area contributed by atoms with E-state index >= 15 is 0 Å². The molecule has 0 spiro atoms. The van der Waals surface area contributed by atoms with Gasteiger partial charge in [0.1, 0.15) is 0 Å². The van der Waals surface area contributed by atoms with Gasteiger partial charge in [0, 0.05) is 48.0 Å². The third-order valence-corrected chi connectivity index (χ3v) is 11.6. The number of fused-ring (bicyclic) bond motifs is 3. The molecule has 1 aliphatic heterocycles. The summed E-state index contributed by atoms with van der Waals surface area (Å²) in [5.74, 6) is 1.93. The molecule has 0 amide bonds. The number of allylic oxidation sites excluding steroid dienone is 3. The second-order valence-electron chi connectivity index (χ2n) is 14.3. The van der Waals surface area contributed by atoms with Crippen LogP contribution in [0.15, 0.2) is 199 Å². The largest absolute Gasteiger partial charge is 0.248 e. The van der Waals surface area contributed by atoms with Gasteiger partial charge in [-0.15, -0.1) is 11.3 Å². The highest BCUT2D eigenvalue weighted by molar-refractivity contribution is 7.25. The second kappa shape index (κ2) is 14.9. The van der Waals surface area contributed by atoms with Gasteiger partial charge in [0.25, 0.3) is 0 Å². The van der Waals surface area contributed by atoms with Crippen molar-refractivity contribution in [3.8, 4) is 45.3 Å². The van der Waals surface area contributed by atoms with Crippen molar-refractivity contribution in [2.24, 2.45) is 4.99 Å². The fourth-order valence-corrected chi connectivity index (χ4v) is 8.78. The van der Waals surface area contributed by atoms with Crippen LogP contribution < -0.4 is 0 Å². The van der Waals surface area contributed by atoms with Gasteiger partial charge in [-0.05, 0) is 71.5 Å². The van der Waals surface area contributed by atoms with Crippen molar-refractivity contribution in [2.75, 3.05) is 0 Å². The lowest BCUT2D eigenvalue weighted by molar-refractivity contribution is 1.07. The molecule has 9 aromatic rings. The first-order chi connectivity index (χ1) is 28.1. The Morgan fingerprint density at radius 2 is 0.912 bits per heavy atom. The highest BCUT2D eigenvalue weighted by Gasteiger charge is 2.18. The van der Waals surface area contributed by atoms with E-state index in [0.717, 1.165) is 56.8 Å². The minimum absolute atomic E-state index is 0.632. The Labute approximate surface area is 336 Å². The van der Waals surface area contributed by atoms with Gasteiger partial charge in [-0.1, -0.05) is 158 Å². The van der Waals surface area contributed by atoms with Crippen LogP contribution in [0.1, 0.15) is 30.0 Å². The molecule has 1 aliphatic rings. The van der Waals surface area contributed by atoms with Gasteiger partial charge in [-0.3, -0.25) is 0 Å². The first-order valence-corrected chi connectivity index (χ1v) is 20.0. The molecule has 270 valence electrons. The summed E-state index contributed by atoms with van der Waals surface area (Å²) in [6, 6.07) is 63.6. The number of thiophene rings is 1. The summed E-state index contributed by atoms with van der Waals surface area (Å²) in [5, 5.41) is 2.52. The van der Waals surface area contributed by atoms with E-state index in [0.29, 0.717) is 17.5 Å². The lowest BCUT2D eigenvalue weighted by Gasteiger charge is -2.12.